The predicted molar refractivity (Wildman–Crippen MR) is 112 cm³/mol. The number of ether oxygens (including phenoxy) is 1. The fraction of sp³-hybridized carbons (Fsp3) is 1.00. The lowest BCUT2D eigenvalue weighted by atomic mass is 9.86. The molecule has 4 nitrogen and oxygen atoms in total. The Bertz CT molecular complexity index is 330. The Kier molecular flexibility index (Phi) is 11.1. The maximum absolute atomic E-state index is 6.36. The standard InChI is InChI=1S/C20H39N3O.C2H6/c1-2-3-12-22-13-15-23(16-14-22)17-18-4-6-19(7-5-18)24-20-8-10-21-11-9-20;1-2/h18-21H,2-17H2,1H3;1-2H3. The van der Waals surface area contributed by atoms with Crippen molar-refractivity contribution in [3.8, 4) is 0 Å². The fourth-order valence-electron chi connectivity index (χ4n) is 4.60. The zero-order valence-corrected chi connectivity index (χ0v) is 17.8. The molecule has 0 aromatic heterocycles. The lowest BCUT2D eigenvalue weighted by molar-refractivity contribution is -0.0502. The van der Waals surface area contributed by atoms with Crippen molar-refractivity contribution in [2.75, 3.05) is 52.4 Å². The molecule has 4 heteroatoms. The minimum Gasteiger partial charge on any atom is -0.375 e. The van der Waals surface area contributed by atoms with Crippen molar-refractivity contribution in [2.45, 2.75) is 84.3 Å². The lowest BCUT2D eigenvalue weighted by Gasteiger charge is -2.38. The minimum atomic E-state index is 0.531. The highest BCUT2D eigenvalue weighted by atomic mass is 16.5. The van der Waals surface area contributed by atoms with Gasteiger partial charge >= 0.3 is 0 Å². The first-order valence-corrected chi connectivity index (χ1v) is 11.6. The number of piperazine rings is 1. The van der Waals surface area contributed by atoms with Gasteiger partial charge in [0, 0.05) is 32.7 Å². The van der Waals surface area contributed by atoms with E-state index in [4.69, 9.17) is 4.74 Å². The van der Waals surface area contributed by atoms with Crippen LogP contribution in [-0.2, 0) is 4.74 Å². The number of rotatable bonds is 7. The number of nitrogens with one attached hydrogen (secondary N) is 1. The molecule has 0 aromatic carbocycles. The first-order chi connectivity index (χ1) is 12.8. The molecule has 2 heterocycles. The molecule has 1 saturated carbocycles. The molecule has 0 unspecified atom stereocenters. The van der Waals surface area contributed by atoms with E-state index in [1.54, 1.807) is 0 Å². The molecule has 0 aromatic rings. The van der Waals surface area contributed by atoms with Crippen LogP contribution in [0.3, 0.4) is 0 Å². The Balaban J connectivity index is 0.00000117. The van der Waals surface area contributed by atoms with Crippen molar-refractivity contribution in [1.82, 2.24) is 15.1 Å². The molecule has 3 fully saturated rings. The summed E-state index contributed by atoms with van der Waals surface area (Å²) >= 11 is 0. The summed E-state index contributed by atoms with van der Waals surface area (Å²) in [6.45, 7) is 16.4. The maximum Gasteiger partial charge on any atom is 0.0603 e. The van der Waals surface area contributed by atoms with Crippen molar-refractivity contribution in [3.63, 3.8) is 0 Å². The minimum absolute atomic E-state index is 0.531. The quantitative estimate of drug-likeness (QED) is 0.741. The Labute approximate surface area is 163 Å². The van der Waals surface area contributed by atoms with E-state index < -0.39 is 0 Å². The van der Waals surface area contributed by atoms with Crippen LogP contribution in [0.1, 0.15) is 72.1 Å². The van der Waals surface area contributed by atoms with Gasteiger partial charge in [-0.3, -0.25) is 0 Å². The summed E-state index contributed by atoms with van der Waals surface area (Å²) in [4.78, 5) is 5.38. The molecule has 1 aliphatic carbocycles. The van der Waals surface area contributed by atoms with Crippen molar-refractivity contribution < 1.29 is 4.74 Å². The number of hydrogen-bond acceptors (Lipinski definition) is 4. The highest BCUT2D eigenvalue weighted by molar-refractivity contribution is 4.80. The van der Waals surface area contributed by atoms with E-state index in [0.29, 0.717) is 12.2 Å². The number of hydrogen-bond donors (Lipinski definition) is 1. The monoisotopic (exact) mass is 367 g/mol. The number of piperidine rings is 1. The molecule has 26 heavy (non-hydrogen) atoms. The highest BCUT2D eigenvalue weighted by Crippen LogP contribution is 2.29. The molecule has 0 amide bonds. The smallest absolute Gasteiger partial charge is 0.0603 e. The molecule has 0 atom stereocenters. The summed E-state index contributed by atoms with van der Waals surface area (Å²) in [5.41, 5.74) is 0. The van der Waals surface area contributed by atoms with Gasteiger partial charge in [-0.25, -0.2) is 0 Å². The first kappa shape index (κ1) is 22.1. The van der Waals surface area contributed by atoms with Crippen LogP contribution < -0.4 is 5.32 Å². The van der Waals surface area contributed by atoms with Gasteiger partial charge < -0.3 is 19.9 Å². The fourth-order valence-corrected chi connectivity index (χ4v) is 4.60. The van der Waals surface area contributed by atoms with E-state index in [9.17, 15) is 0 Å². The van der Waals surface area contributed by atoms with E-state index in [1.165, 1.54) is 90.6 Å². The Morgan fingerprint density at radius 3 is 2.00 bits per heavy atom. The summed E-state index contributed by atoms with van der Waals surface area (Å²) in [5, 5.41) is 3.43. The van der Waals surface area contributed by atoms with Gasteiger partial charge in [0.1, 0.15) is 0 Å². The molecule has 1 N–H and O–H groups in total. The Morgan fingerprint density at radius 1 is 0.808 bits per heavy atom. The van der Waals surface area contributed by atoms with E-state index >= 15 is 0 Å². The third-order valence-corrected chi connectivity index (χ3v) is 6.27. The summed E-state index contributed by atoms with van der Waals surface area (Å²) in [6, 6.07) is 0. The van der Waals surface area contributed by atoms with E-state index in [-0.39, 0.29) is 0 Å². The van der Waals surface area contributed by atoms with Gasteiger partial charge in [0.25, 0.3) is 0 Å². The molecule has 0 radical (unpaired) electrons. The summed E-state index contributed by atoms with van der Waals surface area (Å²) in [5.74, 6) is 0.917. The van der Waals surface area contributed by atoms with Crippen molar-refractivity contribution in [3.05, 3.63) is 0 Å². The van der Waals surface area contributed by atoms with Gasteiger partial charge in [-0.1, -0.05) is 27.2 Å². The van der Waals surface area contributed by atoms with Crippen molar-refractivity contribution in [2.24, 2.45) is 5.92 Å². The average molecular weight is 368 g/mol. The van der Waals surface area contributed by atoms with Crippen LogP contribution in [0.5, 0.6) is 0 Å². The van der Waals surface area contributed by atoms with Gasteiger partial charge in [-0.05, 0) is 70.5 Å². The molecule has 3 aliphatic rings. The second-order valence-corrected chi connectivity index (χ2v) is 8.22. The molecular weight excluding hydrogens is 322 g/mol. The Morgan fingerprint density at radius 2 is 1.38 bits per heavy atom. The Hall–Kier alpha value is -0.160. The molecule has 0 bridgehead atoms. The molecular formula is C22H45N3O. The van der Waals surface area contributed by atoms with Crippen LogP contribution in [0.25, 0.3) is 0 Å². The van der Waals surface area contributed by atoms with Crippen LogP contribution in [0.4, 0.5) is 0 Å². The maximum atomic E-state index is 6.36. The summed E-state index contributed by atoms with van der Waals surface area (Å²) in [7, 11) is 0. The highest BCUT2D eigenvalue weighted by Gasteiger charge is 2.27. The number of nitrogens with zero attached hydrogens (tertiary/aromatic N) is 2. The molecule has 154 valence electrons. The van der Waals surface area contributed by atoms with E-state index in [1.807, 2.05) is 13.8 Å². The van der Waals surface area contributed by atoms with Crippen LogP contribution >= 0.6 is 0 Å². The average Bonchev–Trinajstić information content (AvgIpc) is 2.71. The van der Waals surface area contributed by atoms with Gasteiger partial charge in [0.2, 0.25) is 0 Å². The molecule has 2 saturated heterocycles. The lowest BCUT2D eigenvalue weighted by Crippen LogP contribution is -2.48. The van der Waals surface area contributed by atoms with Gasteiger partial charge in [-0.15, -0.1) is 0 Å². The molecule has 0 spiro atoms. The van der Waals surface area contributed by atoms with Crippen molar-refractivity contribution >= 4 is 0 Å². The third kappa shape index (κ3) is 7.84. The first-order valence-electron chi connectivity index (χ1n) is 11.6. The van der Waals surface area contributed by atoms with Crippen LogP contribution in [0.2, 0.25) is 0 Å². The van der Waals surface area contributed by atoms with Gasteiger partial charge in [0.15, 0.2) is 0 Å². The number of unbranched alkanes of at least 4 members (excludes halogenated alkanes) is 1. The second kappa shape index (κ2) is 13.1. The van der Waals surface area contributed by atoms with Crippen molar-refractivity contribution in [1.29, 1.82) is 0 Å². The van der Waals surface area contributed by atoms with Gasteiger partial charge in [-0.2, -0.15) is 0 Å². The molecule has 3 rings (SSSR count). The van der Waals surface area contributed by atoms with Crippen LogP contribution in [-0.4, -0.2) is 74.4 Å². The zero-order chi connectivity index (χ0) is 18.6. The topological polar surface area (TPSA) is 27.7 Å². The second-order valence-electron chi connectivity index (χ2n) is 8.22. The largest absolute Gasteiger partial charge is 0.375 e. The normalized spacial score (nSPS) is 29.2. The summed E-state index contributed by atoms with van der Waals surface area (Å²) in [6.07, 6.45) is 11.5. The van der Waals surface area contributed by atoms with E-state index in [0.717, 1.165) is 19.0 Å². The summed E-state index contributed by atoms with van der Waals surface area (Å²) < 4.78 is 6.36. The van der Waals surface area contributed by atoms with Crippen LogP contribution in [0, 0.1) is 5.92 Å². The SMILES string of the molecule is CC.CCCCN1CCN(CC2CCC(OC3CCNCC3)CC2)CC1. The van der Waals surface area contributed by atoms with E-state index in [2.05, 4.69) is 22.0 Å². The molecule has 2 aliphatic heterocycles. The predicted octanol–water partition coefficient (Wildman–Crippen LogP) is 3.76. The van der Waals surface area contributed by atoms with Gasteiger partial charge in [0.05, 0.1) is 12.2 Å². The zero-order valence-electron chi connectivity index (χ0n) is 17.8. The van der Waals surface area contributed by atoms with Crippen LogP contribution in [0.15, 0.2) is 0 Å². The third-order valence-electron chi connectivity index (χ3n) is 6.27.